The highest BCUT2D eigenvalue weighted by molar-refractivity contribution is 5.91. The summed E-state index contributed by atoms with van der Waals surface area (Å²) in [7, 11) is 0. The highest BCUT2D eigenvalue weighted by Crippen LogP contribution is 2.19. The fraction of sp³-hybridized carbons (Fsp3) is 0.529. The fourth-order valence-electron chi connectivity index (χ4n) is 2.93. The standard InChI is InChI=1S/C17H24N4O3/c1-12-19-14-5-4-13(10-15(14)24-12)20-16(22)18-6-7-21-8-9-23-17(2,3)11-21/h4-5,10H,6-9,11H2,1-3H3,(H2,18,20,22). The van der Waals surface area contributed by atoms with Crippen molar-refractivity contribution in [2.24, 2.45) is 0 Å². The number of hydrogen-bond donors (Lipinski definition) is 2. The molecule has 7 nitrogen and oxygen atoms in total. The average Bonchev–Trinajstić information content (AvgIpc) is 2.85. The molecule has 2 N–H and O–H groups in total. The van der Waals surface area contributed by atoms with Crippen LogP contribution in [0.15, 0.2) is 22.6 Å². The van der Waals surface area contributed by atoms with Gasteiger partial charge in [-0.3, -0.25) is 4.90 Å². The summed E-state index contributed by atoms with van der Waals surface area (Å²) in [5, 5.41) is 5.70. The molecule has 24 heavy (non-hydrogen) atoms. The lowest BCUT2D eigenvalue weighted by molar-refractivity contribution is -0.0852. The maximum absolute atomic E-state index is 12.0. The first-order valence-corrected chi connectivity index (χ1v) is 8.20. The smallest absolute Gasteiger partial charge is 0.319 e. The van der Waals surface area contributed by atoms with Crippen LogP contribution in [0.3, 0.4) is 0 Å². The minimum atomic E-state index is -0.224. The first-order chi connectivity index (χ1) is 11.4. The van der Waals surface area contributed by atoms with Crippen molar-refractivity contribution in [2.75, 3.05) is 38.1 Å². The largest absolute Gasteiger partial charge is 0.441 e. The van der Waals surface area contributed by atoms with Crippen molar-refractivity contribution in [3.05, 3.63) is 24.1 Å². The molecule has 1 aliphatic rings. The summed E-state index contributed by atoms with van der Waals surface area (Å²) >= 11 is 0. The minimum Gasteiger partial charge on any atom is -0.441 e. The van der Waals surface area contributed by atoms with Crippen LogP contribution in [-0.2, 0) is 4.74 Å². The lowest BCUT2D eigenvalue weighted by Gasteiger charge is -2.38. The number of oxazole rings is 1. The van der Waals surface area contributed by atoms with Crippen molar-refractivity contribution in [1.82, 2.24) is 15.2 Å². The molecule has 3 rings (SSSR count). The summed E-state index contributed by atoms with van der Waals surface area (Å²) in [4.78, 5) is 18.5. The lowest BCUT2D eigenvalue weighted by Crippen LogP contribution is -2.50. The van der Waals surface area contributed by atoms with Gasteiger partial charge in [0.1, 0.15) is 5.52 Å². The Morgan fingerprint density at radius 3 is 3.04 bits per heavy atom. The maximum atomic E-state index is 12.0. The number of ether oxygens (including phenoxy) is 1. The number of anilines is 1. The molecule has 0 saturated carbocycles. The van der Waals surface area contributed by atoms with Crippen LogP contribution >= 0.6 is 0 Å². The number of benzene rings is 1. The van der Waals surface area contributed by atoms with Gasteiger partial charge in [0.05, 0.1) is 12.2 Å². The maximum Gasteiger partial charge on any atom is 0.319 e. The number of nitrogens with one attached hydrogen (secondary N) is 2. The minimum absolute atomic E-state index is 0.120. The van der Waals surface area contributed by atoms with E-state index < -0.39 is 0 Å². The van der Waals surface area contributed by atoms with Gasteiger partial charge < -0.3 is 19.8 Å². The first-order valence-electron chi connectivity index (χ1n) is 8.20. The molecule has 2 amide bonds. The number of morpholine rings is 1. The molecule has 130 valence electrons. The van der Waals surface area contributed by atoms with Gasteiger partial charge >= 0.3 is 6.03 Å². The number of hydrogen-bond acceptors (Lipinski definition) is 5. The second-order valence-corrected chi connectivity index (χ2v) is 6.68. The van der Waals surface area contributed by atoms with Gasteiger partial charge in [-0.25, -0.2) is 9.78 Å². The van der Waals surface area contributed by atoms with Crippen molar-refractivity contribution in [3.63, 3.8) is 0 Å². The molecular formula is C17H24N4O3. The van der Waals surface area contributed by atoms with E-state index in [2.05, 4.69) is 34.4 Å². The zero-order chi connectivity index (χ0) is 17.2. The van der Waals surface area contributed by atoms with E-state index in [1.165, 1.54) is 0 Å². The van der Waals surface area contributed by atoms with Gasteiger partial charge in [-0.05, 0) is 26.0 Å². The summed E-state index contributed by atoms with van der Waals surface area (Å²) in [6, 6.07) is 5.20. The third-order valence-corrected chi connectivity index (χ3v) is 3.97. The Kier molecular flexibility index (Phi) is 4.73. The molecule has 1 fully saturated rings. The molecule has 1 aliphatic heterocycles. The van der Waals surface area contributed by atoms with Crippen LogP contribution in [0.5, 0.6) is 0 Å². The predicted octanol–water partition coefficient (Wildman–Crippen LogP) is 2.37. The number of rotatable bonds is 4. The Hall–Kier alpha value is -2.12. The molecule has 2 aromatic rings. The van der Waals surface area contributed by atoms with Gasteiger partial charge in [-0.2, -0.15) is 0 Å². The van der Waals surface area contributed by atoms with Gasteiger partial charge in [0.15, 0.2) is 11.5 Å². The predicted molar refractivity (Wildman–Crippen MR) is 92.2 cm³/mol. The van der Waals surface area contributed by atoms with Crippen molar-refractivity contribution < 1.29 is 13.9 Å². The van der Waals surface area contributed by atoms with Crippen LogP contribution in [-0.4, -0.2) is 54.3 Å². The fourth-order valence-corrected chi connectivity index (χ4v) is 2.93. The van der Waals surface area contributed by atoms with Crippen molar-refractivity contribution in [3.8, 4) is 0 Å². The number of fused-ring (bicyclic) bond motifs is 1. The zero-order valence-electron chi connectivity index (χ0n) is 14.4. The zero-order valence-corrected chi connectivity index (χ0v) is 14.4. The summed E-state index contributed by atoms with van der Waals surface area (Å²) < 4.78 is 11.2. The monoisotopic (exact) mass is 332 g/mol. The number of aromatic nitrogens is 1. The normalized spacial score (nSPS) is 17.8. The van der Waals surface area contributed by atoms with E-state index in [1.54, 1.807) is 13.0 Å². The molecule has 1 saturated heterocycles. The number of aryl methyl sites for hydroxylation is 1. The second kappa shape index (κ2) is 6.78. The summed E-state index contributed by atoms with van der Waals surface area (Å²) in [5.41, 5.74) is 2.02. The Labute approximate surface area is 141 Å². The second-order valence-electron chi connectivity index (χ2n) is 6.68. The quantitative estimate of drug-likeness (QED) is 0.898. The Bertz CT molecular complexity index is 726. The first kappa shape index (κ1) is 16.7. The van der Waals surface area contributed by atoms with Crippen molar-refractivity contribution in [2.45, 2.75) is 26.4 Å². The van der Waals surface area contributed by atoms with Crippen LogP contribution in [0.2, 0.25) is 0 Å². The summed E-state index contributed by atoms with van der Waals surface area (Å²) in [5.74, 6) is 0.611. The van der Waals surface area contributed by atoms with E-state index in [0.717, 1.165) is 31.8 Å². The molecule has 1 aromatic carbocycles. The number of amides is 2. The van der Waals surface area contributed by atoms with Gasteiger partial charge in [0, 0.05) is 44.9 Å². The Morgan fingerprint density at radius 2 is 2.25 bits per heavy atom. The Morgan fingerprint density at radius 1 is 1.42 bits per heavy atom. The summed E-state index contributed by atoms with van der Waals surface area (Å²) in [6.07, 6.45) is 0. The van der Waals surface area contributed by atoms with Crippen LogP contribution < -0.4 is 10.6 Å². The average molecular weight is 332 g/mol. The van der Waals surface area contributed by atoms with Crippen LogP contribution in [0.1, 0.15) is 19.7 Å². The molecular weight excluding hydrogens is 308 g/mol. The number of carbonyl (C=O) groups excluding carboxylic acids is 1. The van der Waals surface area contributed by atoms with Crippen LogP contribution in [0.4, 0.5) is 10.5 Å². The number of nitrogens with zero attached hydrogens (tertiary/aromatic N) is 2. The molecule has 2 heterocycles. The number of urea groups is 1. The Balaban J connectivity index is 1.46. The van der Waals surface area contributed by atoms with Gasteiger partial charge in [-0.15, -0.1) is 0 Å². The molecule has 0 radical (unpaired) electrons. The van der Waals surface area contributed by atoms with E-state index in [9.17, 15) is 4.79 Å². The molecule has 1 aromatic heterocycles. The third kappa shape index (κ3) is 4.24. The van der Waals surface area contributed by atoms with E-state index in [1.807, 2.05) is 12.1 Å². The SMILES string of the molecule is Cc1nc2ccc(NC(=O)NCCN3CCOC(C)(C)C3)cc2o1. The third-order valence-electron chi connectivity index (χ3n) is 3.97. The molecule has 0 unspecified atom stereocenters. The molecule has 0 spiro atoms. The molecule has 0 aliphatic carbocycles. The van der Waals surface area contributed by atoms with E-state index in [0.29, 0.717) is 23.7 Å². The highest BCUT2D eigenvalue weighted by atomic mass is 16.5. The highest BCUT2D eigenvalue weighted by Gasteiger charge is 2.26. The van der Waals surface area contributed by atoms with E-state index in [-0.39, 0.29) is 11.6 Å². The van der Waals surface area contributed by atoms with E-state index in [4.69, 9.17) is 9.15 Å². The van der Waals surface area contributed by atoms with E-state index >= 15 is 0 Å². The molecule has 7 heteroatoms. The topological polar surface area (TPSA) is 79.6 Å². The van der Waals surface area contributed by atoms with Gasteiger partial charge in [-0.1, -0.05) is 0 Å². The van der Waals surface area contributed by atoms with Crippen LogP contribution in [0, 0.1) is 6.92 Å². The number of carbonyl (C=O) groups is 1. The lowest BCUT2D eigenvalue weighted by atomic mass is 10.1. The van der Waals surface area contributed by atoms with Crippen molar-refractivity contribution >= 4 is 22.8 Å². The van der Waals surface area contributed by atoms with Gasteiger partial charge in [0.25, 0.3) is 0 Å². The molecule has 0 bridgehead atoms. The van der Waals surface area contributed by atoms with Gasteiger partial charge in [0.2, 0.25) is 0 Å². The summed E-state index contributed by atoms with van der Waals surface area (Å²) in [6.45, 7) is 9.86. The van der Waals surface area contributed by atoms with Crippen molar-refractivity contribution in [1.29, 1.82) is 0 Å². The van der Waals surface area contributed by atoms with Crippen LogP contribution in [0.25, 0.3) is 11.1 Å². The molecule has 0 atom stereocenters.